The SMILES string of the molecule is CC1CC1c1noc(-c2cc(Br)cc(Br)c2N)n1. The molecule has 1 aromatic heterocycles. The van der Waals surface area contributed by atoms with Crippen LogP contribution in [0.3, 0.4) is 0 Å². The summed E-state index contributed by atoms with van der Waals surface area (Å²) in [4.78, 5) is 4.44. The van der Waals surface area contributed by atoms with Crippen molar-refractivity contribution in [1.82, 2.24) is 10.1 Å². The van der Waals surface area contributed by atoms with Gasteiger partial charge in [-0.15, -0.1) is 0 Å². The van der Waals surface area contributed by atoms with Gasteiger partial charge in [0.2, 0.25) is 0 Å². The van der Waals surface area contributed by atoms with Gasteiger partial charge >= 0.3 is 0 Å². The minimum atomic E-state index is 0.444. The summed E-state index contributed by atoms with van der Waals surface area (Å²) in [6, 6.07) is 3.77. The number of hydrogen-bond acceptors (Lipinski definition) is 4. The topological polar surface area (TPSA) is 64.9 Å². The van der Waals surface area contributed by atoms with Crippen molar-refractivity contribution in [3.8, 4) is 11.5 Å². The summed E-state index contributed by atoms with van der Waals surface area (Å²) >= 11 is 6.83. The lowest BCUT2D eigenvalue weighted by Crippen LogP contribution is -1.92. The van der Waals surface area contributed by atoms with Crippen LogP contribution in [-0.2, 0) is 0 Å². The van der Waals surface area contributed by atoms with Crippen molar-refractivity contribution in [3.63, 3.8) is 0 Å². The van der Waals surface area contributed by atoms with Crippen LogP contribution in [0.4, 0.5) is 5.69 Å². The molecule has 1 aromatic carbocycles. The van der Waals surface area contributed by atoms with Crippen molar-refractivity contribution in [2.75, 3.05) is 5.73 Å². The van der Waals surface area contributed by atoms with Gasteiger partial charge in [-0.2, -0.15) is 4.98 Å². The first-order valence-electron chi connectivity index (χ1n) is 5.64. The molecule has 2 aromatic rings. The van der Waals surface area contributed by atoms with E-state index in [-0.39, 0.29) is 0 Å². The quantitative estimate of drug-likeness (QED) is 0.810. The Morgan fingerprint density at radius 1 is 1.39 bits per heavy atom. The number of anilines is 1. The summed E-state index contributed by atoms with van der Waals surface area (Å²) in [5.74, 6) is 2.36. The van der Waals surface area contributed by atoms with E-state index in [1.165, 1.54) is 0 Å². The molecule has 1 fully saturated rings. The second kappa shape index (κ2) is 4.35. The number of nitrogen functional groups attached to an aromatic ring is 1. The molecule has 94 valence electrons. The van der Waals surface area contributed by atoms with Gasteiger partial charge < -0.3 is 10.3 Å². The minimum Gasteiger partial charge on any atom is -0.397 e. The lowest BCUT2D eigenvalue weighted by Gasteiger charge is -2.04. The molecule has 0 aliphatic heterocycles. The Bertz CT molecular complexity index is 611. The molecule has 0 saturated heterocycles. The third-order valence-electron chi connectivity index (χ3n) is 3.21. The molecule has 0 bridgehead atoms. The van der Waals surface area contributed by atoms with Gasteiger partial charge in [0, 0.05) is 14.9 Å². The van der Waals surface area contributed by atoms with E-state index in [1.807, 2.05) is 12.1 Å². The number of rotatable bonds is 2. The molecule has 0 amide bonds. The van der Waals surface area contributed by atoms with Gasteiger partial charge in [-0.25, -0.2) is 0 Å². The van der Waals surface area contributed by atoms with Crippen LogP contribution in [0.15, 0.2) is 25.6 Å². The number of nitrogens with two attached hydrogens (primary N) is 1. The van der Waals surface area contributed by atoms with Crippen molar-refractivity contribution >= 4 is 37.5 Å². The second-order valence-electron chi connectivity index (χ2n) is 4.63. The first-order valence-corrected chi connectivity index (χ1v) is 7.23. The van der Waals surface area contributed by atoms with Crippen molar-refractivity contribution in [2.45, 2.75) is 19.3 Å². The predicted molar refractivity (Wildman–Crippen MR) is 76.1 cm³/mol. The monoisotopic (exact) mass is 371 g/mol. The Balaban J connectivity index is 2.02. The summed E-state index contributed by atoms with van der Waals surface area (Å²) in [6.45, 7) is 2.19. The minimum absolute atomic E-state index is 0.444. The summed E-state index contributed by atoms with van der Waals surface area (Å²) in [7, 11) is 0. The molecular formula is C12H11Br2N3O. The summed E-state index contributed by atoms with van der Waals surface area (Å²) in [5, 5.41) is 4.03. The highest BCUT2D eigenvalue weighted by atomic mass is 79.9. The Morgan fingerprint density at radius 3 is 2.78 bits per heavy atom. The Hall–Kier alpha value is -0.880. The highest BCUT2D eigenvalue weighted by Crippen LogP contribution is 2.46. The van der Waals surface area contributed by atoms with Crippen molar-refractivity contribution in [1.29, 1.82) is 0 Å². The molecule has 1 aliphatic rings. The Labute approximate surface area is 121 Å². The van der Waals surface area contributed by atoms with Gasteiger partial charge in [0.25, 0.3) is 5.89 Å². The Kier molecular flexibility index (Phi) is 2.94. The molecule has 4 nitrogen and oxygen atoms in total. The van der Waals surface area contributed by atoms with E-state index in [4.69, 9.17) is 10.3 Å². The van der Waals surface area contributed by atoms with Gasteiger partial charge in [0.05, 0.1) is 11.3 Å². The molecular weight excluding hydrogens is 362 g/mol. The molecule has 1 saturated carbocycles. The lowest BCUT2D eigenvalue weighted by atomic mass is 10.2. The second-order valence-corrected chi connectivity index (χ2v) is 6.40. The summed E-state index contributed by atoms with van der Waals surface area (Å²) < 4.78 is 7.03. The van der Waals surface area contributed by atoms with Gasteiger partial charge in [-0.1, -0.05) is 28.0 Å². The van der Waals surface area contributed by atoms with E-state index in [9.17, 15) is 0 Å². The Morgan fingerprint density at radius 2 is 2.11 bits per heavy atom. The predicted octanol–water partition coefficient (Wildman–Crippen LogP) is 3.97. The molecule has 2 N–H and O–H groups in total. The van der Waals surface area contributed by atoms with Crippen LogP contribution in [0.25, 0.3) is 11.5 Å². The zero-order valence-electron chi connectivity index (χ0n) is 9.65. The number of hydrogen-bond donors (Lipinski definition) is 1. The van der Waals surface area contributed by atoms with Crippen LogP contribution in [0.5, 0.6) is 0 Å². The number of benzene rings is 1. The number of halogens is 2. The van der Waals surface area contributed by atoms with E-state index < -0.39 is 0 Å². The number of nitrogens with zero attached hydrogens (tertiary/aromatic N) is 2. The smallest absolute Gasteiger partial charge is 0.260 e. The van der Waals surface area contributed by atoms with Gasteiger partial charge in [-0.3, -0.25) is 0 Å². The van der Waals surface area contributed by atoms with Crippen LogP contribution in [0.1, 0.15) is 25.1 Å². The van der Waals surface area contributed by atoms with Crippen LogP contribution in [-0.4, -0.2) is 10.1 Å². The maximum absolute atomic E-state index is 6.02. The van der Waals surface area contributed by atoms with Crippen LogP contribution < -0.4 is 5.73 Å². The van der Waals surface area contributed by atoms with Gasteiger partial charge in [0.1, 0.15) is 0 Å². The maximum atomic E-state index is 6.02. The highest BCUT2D eigenvalue weighted by molar-refractivity contribution is 9.11. The van der Waals surface area contributed by atoms with Crippen LogP contribution in [0.2, 0.25) is 0 Å². The van der Waals surface area contributed by atoms with Gasteiger partial charge in [-0.05, 0) is 40.4 Å². The zero-order chi connectivity index (χ0) is 12.9. The van der Waals surface area contributed by atoms with Crippen LogP contribution >= 0.6 is 31.9 Å². The summed E-state index contributed by atoms with van der Waals surface area (Å²) in [6.07, 6.45) is 1.14. The molecule has 1 aliphatic carbocycles. The van der Waals surface area contributed by atoms with E-state index in [0.29, 0.717) is 23.4 Å². The van der Waals surface area contributed by atoms with Crippen molar-refractivity contribution in [3.05, 3.63) is 26.9 Å². The standard InChI is InChI=1S/C12H11Br2N3O/c1-5-2-7(5)11-16-12(18-17-11)8-3-6(13)4-9(14)10(8)15/h3-5,7H,2,15H2,1H3. The average Bonchev–Trinajstić information content (AvgIpc) is 2.87. The fourth-order valence-corrected chi connectivity index (χ4v) is 3.16. The summed E-state index contributed by atoms with van der Waals surface area (Å²) in [5.41, 5.74) is 7.38. The molecule has 18 heavy (non-hydrogen) atoms. The third kappa shape index (κ3) is 2.07. The largest absolute Gasteiger partial charge is 0.397 e. The molecule has 0 radical (unpaired) electrons. The molecule has 2 unspecified atom stereocenters. The molecule has 3 rings (SSSR count). The highest BCUT2D eigenvalue weighted by Gasteiger charge is 2.38. The number of aromatic nitrogens is 2. The molecule has 1 heterocycles. The van der Waals surface area contributed by atoms with Crippen molar-refractivity contribution in [2.24, 2.45) is 5.92 Å². The van der Waals surface area contributed by atoms with Gasteiger partial charge in [0.15, 0.2) is 5.82 Å². The lowest BCUT2D eigenvalue weighted by molar-refractivity contribution is 0.422. The zero-order valence-corrected chi connectivity index (χ0v) is 12.8. The fourth-order valence-electron chi connectivity index (χ4n) is 1.94. The first kappa shape index (κ1) is 12.2. The molecule has 2 atom stereocenters. The van der Waals surface area contributed by atoms with Crippen molar-refractivity contribution < 1.29 is 4.52 Å². The third-order valence-corrected chi connectivity index (χ3v) is 4.32. The van der Waals surface area contributed by atoms with E-state index in [2.05, 4.69) is 48.9 Å². The van der Waals surface area contributed by atoms with Crippen LogP contribution in [0, 0.1) is 5.92 Å². The average molecular weight is 373 g/mol. The molecule has 0 spiro atoms. The first-order chi connectivity index (χ1) is 8.56. The van der Waals surface area contributed by atoms with E-state index in [0.717, 1.165) is 26.8 Å². The van der Waals surface area contributed by atoms with E-state index in [1.54, 1.807) is 0 Å². The normalized spacial score (nSPS) is 22.2. The fraction of sp³-hybridized carbons (Fsp3) is 0.333. The van der Waals surface area contributed by atoms with E-state index >= 15 is 0 Å². The maximum Gasteiger partial charge on any atom is 0.260 e. The molecule has 6 heteroatoms.